The molecule has 0 amide bonds. The minimum absolute atomic E-state index is 0.336. The topological polar surface area (TPSA) is 54.0 Å². The van der Waals surface area contributed by atoms with Crippen molar-refractivity contribution in [3.05, 3.63) is 28.4 Å². The lowest BCUT2D eigenvalue weighted by molar-refractivity contribution is 1.08. The highest BCUT2D eigenvalue weighted by atomic mass is 79.9. The van der Waals surface area contributed by atoms with Gasteiger partial charge in [-0.15, -0.1) is 0 Å². The number of rotatable bonds is 0. The average molecular weight is 237 g/mol. The van der Waals surface area contributed by atoms with Crippen molar-refractivity contribution in [2.45, 2.75) is 6.92 Å². The van der Waals surface area contributed by atoms with E-state index in [1.165, 1.54) is 0 Å². The fourth-order valence-electron chi connectivity index (χ4n) is 1.17. The van der Waals surface area contributed by atoms with Gasteiger partial charge in [0.2, 0.25) is 0 Å². The van der Waals surface area contributed by atoms with E-state index in [9.17, 15) is 0 Å². The Balaban J connectivity index is 2.90. The first kappa shape index (κ1) is 8.20. The number of hydrogen-bond donors (Lipinski definition) is 0. The summed E-state index contributed by atoms with van der Waals surface area (Å²) < 4.78 is 2.42. The standard InChI is InChI=1S/C8H5BrN4/c1-5-3-13-4-7(9)12-6(2-10)8(13)11-5/h3-4H,1H3. The Kier molecular flexibility index (Phi) is 1.78. The van der Waals surface area contributed by atoms with Crippen LogP contribution in [0.4, 0.5) is 0 Å². The van der Waals surface area contributed by atoms with Crippen LogP contribution in [0, 0.1) is 18.3 Å². The monoisotopic (exact) mass is 236 g/mol. The number of hydrogen-bond acceptors (Lipinski definition) is 3. The lowest BCUT2D eigenvalue weighted by Crippen LogP contribution is -1.92. The zero-order valence-corrected chi connectivity index (χ0v) is 8.41. The largest absolute Gasteiger partial charge is 0.302 e. The van der Waals surface area contributed by atoms with Crippen LogP contribution in [0.5, 0.6) is 0 Å². The van der Waals surface area contributed by atoms with Crippen LogP contribution in [0.15, 0.2) is 17.0 Å². The summed E-state index contributed by atoms with van der Waals surface area (Å²) in [5.41, 5.74) is 1.81. The molecule has 0 N–H and O–H groups in total. The van der Waals surface area contributed by atoms with Crippen molar-refractivity contribution in [1.29, 1.82) is 5.26 Å². The third kappa shape index (κ3) is 1.29. The molecule has 5 heteroatoms. The number of fused-ring (bicyclic) bond motifs is 1. The summed E-state index contributed by atoms with van der Waals surface area (Å²) >= 11 is 3.22. The van der Waals surface area contributed by atoms with E-state index in [1.54, 1.807) is 10.6 Å². The Morgan fingerprint density at radius 3 is 2.92 bits per heavy atom. The third-order valence-corrected chi connectivity index (χ3v) is 2.02. The SMILES string of the molecule is Cc1cn2cc(Br)nc(C#N)c2n1. The van der Waals surface area contributed by atoms with Crippen LogP contribution in [-0.2, 0) is 0 Å². The van der Waals surface area contributed by atoms with E-state index in [0.29, 0.717) is 15.9 Å². The van der Waals surface area contributed by atoms with Crippen molar-refractivity contribution in [2.24, 2.45) is 0 Å². The lowest BCUT2D eigenvalue weighted by atomic mass is 10.5. The molecule has 2 aromatic heterocycles. The molecule has 0 aliphatic rings. The number of aromatic nitrogens is 3. The lowest BCUT2D eigenvalue weighted by Gasteiger charge is -1.95. The summed E-state index contributed by atoms with van der Waals surface area (Å²) in [6.45, 7) is 1.88. The summed E-state index contributed by atoms with van der Waals surface area (Å²) in [4.78, 5) is 8.19. The second-order valence-electron chi connectivity index (χ2n) is 2.64. The second kappa shape index (κ2) is 2.82. The molecule has 0 atom stereocenters. The number of imidazole rings is 1. The maximum Gasteiger partial charge on any atom is 0.185 e. The number of aryl methyl sites for hydroxylation is 1. The van der Waals surface area contributed by atoms with Crippen LogP contribution in [0.25, 0.3) is 5.65 Å². The van der Waals surface area contributed by atoms with Gasteiger partial charge in [0.25, 0.3) is 0 Å². The zero-order valence-electron chi connectivity index (χ0n) is 6.82. The molecule has 0 aliphatic carbocycles. The van der Waals surface area contributed by atoms with E-state index in [1.807, 2.05) is 19.2 Å². The molecule has 0 saturated carbocycles. The van der Waals surface area contributed by atoms with E-state index in [4.69, 9.17) is 5.26 Å². The first-order valence-corrected chi connectivity index (χ1v) is 4.42. The Bertz CT molecular complexity index is 509. The number of halogens is 1. The van der Waals surface area contributed by atoms with Gasteiger partial charge in [-0.05, 0) is 22.9 Å². The van der Waals surface area contributed by atoms with Gasteiger partial charge in [-0.1, -0.05) is 0 Å². The molecule has 0 radical (unpaired) electrons. The molecule has 0 spiro atoms. The summed E-state index contributed by atoms with van der Waals surface area (Å²) in [6, 6.07) is 2.00. The molecule has 2 rings (SSSR count). The fourth-order valence-corrected chi connectivity index (χ4v) is 1.56. The third-order valence-electron chi connectivity index (χ3n) is 1.63. The van der Waals surface area contributed by atoms with Gasteiger partial charge in [-0.3, -0.25) is 0 Å². The minimum atomic E-state index is 0.336. The molecule has 0 bridgehead atoms. The highest BCUT2D eigenvalue weighted by molar-refractivity contribution is 9.10. The summed E-state index contributed by atoms with van der Waals surface area (Å²) in [6.07, 6.45) is 3.62. The predicted molar refractivity (Wildman–Crippen MR) is 50.1 cm³/mol. The first-order valence-electron chi connectivity index (χ1n) is 3.62. The maximum absolute atomic E-state index is 8.78. The molecule has 0 unspecified atom stereocenters. The Hall–Kier alpha value is -1.41. The van der Waals surface area contributed by atoms with Gasteiger partial charge in [0.1, 0.15) is 10.7 Å². The highest BCUT2D eigenvalue weighted by Crippen LogP contribution is 2.12. The van der Waals surface area contributed by atoms with Crippen LogP contribution in [0.1, 0.15) is 11.4 Å². The molecular formula is C8H5BrN4. The van der Waals surface area contributed by atoms with E-state index >= 15 is 0 Å². The van der Waals surface area contributed by atoms with Crippen LogP contribution < -0.4 is 0 Å². The van der Waals surface area contributed by atoms with Crippen molar-refractivity contribution in [2.75, 3.05) is 0 Å². The zero-order chi connectivity index (χ0) is 9.42. The summed E-state index contributed by atoms with van der Waals surface area (Å²) in [7, 11) is 0. The highest BCUT2D eigenvalue weighted by Gasteiger charge is 2.06. The minimum Gasteiger partial charge on any atom is -0.302 e. The van der Waals surface area contributed by atoms with E-state index < -0.39 is 0 Å². The molecule has 2 heterocycles. The van der Waals surface area contributed by atoms with Gasteiger partial charge >= 0.3 is 0 Å². The van der Waals surface area contributed by atoms with Crippen molar-refractivity contribution < 1.29 is 0 Å². The molecule has 4 nitrogen and oxygen atoms in total. The molecule has 0 saturated heterocycles. The molecule has 0 aromatic carbocycles. The van der Waals surface area contributed by atoms with Crippen LogP contribution >= 0.6 is 15.9 Å². The van der Waals surface area contributed by atoms with Crippen LogP contribution in [-0.4, -0.2) is 14.4 Å². The molecule has 2 aromatic rings. The van der Waals surface area contributed by atoms with E-state index in [2.05, 4.69) is 25.9 Å². The summed E-state index contributed by atoms with van der Waals surface area (Å²) in [5.74, 6) is 0. The van der Waals surface area contributed by atoms with Crippen LogP contribution in [0.2, 0.25) is 0 Å². The van der Waals surface area contributed by atoms with Crippen molar-refractivity contribution in [3.8, 4) is 6.07 Å². The molecule has 0 fully saturated rings. The summed E-state index contributed by atoms with van der Waals surface area (Å²) in [5, 5.41) is 8.78. The van der Waals surface area contributed by atoms with Gasteiger partial charge in [-0.25, -0.2) is 9.97 Å². The molecule has 64 valence electrons. The first-order chi connectivity index (χ1) is 6.20. The maximum atomic E-state index is 8.78. The quantitative estimate of drug-likeness (QED) is 0.700. The smallest absolute Gasteiger partial charge is 0.185 e. The molecule has 0 aliphatic heterocycles. The van der Waals surface area contributed by atoms with Crippen molar-refractivity contribution in [1.82, 2.24) is 14.4 Å². The van der Waals surface area contributed by atoms with E-state index in [-0.39, 0.29) is 0 Å². The van der Waals surface area contributed by atoms with Crippen LogP contribution in [0.3, 0.4) is 0 Å². The Morgan fingerprint density at radius 1 is 1.46 bits per heavy atom. The normalized spacial score (nSPS) is 10.2. The van der Waals surface area contributed by atoms with Gasteiger partial charge < -0.3 is 4.40 Å². The van der Waals surface area contributed by atoms with Gasteiger partial charge in [0, 0.05) is 12.4 Å². The van der Waals surface area contributed by atoms with Crippen molar-refractivity contribution in [3.63, 3.8) is 0 Å². The number of nitrogens with zero attached hydrogens (tertiary/aromatic N) is 4. The predicted octanol–water partition coefficient (Wildman–Crippen LogP) is 1.67. The van der Waals surface area contributed by atoms with E-state index in [0.717, 1.165) is 5.69 Å². The molecule has 13 heavy (non-hydrogen) atoms. The fraction of sp³-hybridized carbons (Fsp3) is 0.125. The average Bonchev–Trinajstić information content (AvgIpc) is 2.43. The number of nitriles is 1. The van der Waals surface area contributed by atoms with Crippen molar-refractivity contribution >= 4 is 21.6 Å². The van der Waals surface area contributed by atoms with Gasteiger partial charge in [-0.2, -0.15) is 5.26 Å². The van der Waals surface area contributed by atoms with Gasteiger partial charge in [0.15, 0.2) is 11.3 Å². The Morgan fingerprint density at radius 2 is 2.23 bits per heavy atom. The van der Waals surface area contributed by atoms with Gasteiger partial charge in [0.05, 0.1) is 5.69 Å². The Labute approximate surface area is 83.0 Å². The molecular weight excluding hydrogens is 232 g/mol. The second-order valence-corrected chi connectivity index (χ2v) is 3.45.